The zero-order chi connectivity index (χ0) is 15.1. The molecule has 0 fully saturated rings. The maximum atomic E-state index is 13.8. The van der Waals surface area contributed by atoms with Crippen molar-refractivity contribution in [2.24, 2.45) is 5.73 Å². The summed E-state index contributed by atoms with van der Waals surface area (Å²) in [5.74, 6) is -0.304. The first-order valence-electron chi connectivity index (χ1n) is 6.95. The van der Waals surface area contributed by atoms with Crippen molar-refractivity contribution >= 4 is 5.91 Å². The fraction of sp³-hybridized carbons (Fsp3) is 0.533. The van der Waals surface area contributed by atoms with E-state index in [1.165, 1.54) is 6.07 Å². The smallest absolute Gasteiger partial charge is 0.234 e. The summed E-state index contributed by atoms with van der Waals surface area (Å²) in [6, 6.07) is 4.98. The Morgan fingerprint density at radius 1 is 1.45 bits per heavy atom. The Balaban J connectivity index is 2.70. The van der Waals surface area contributed by atoms with Crippen LogP contribution in [0, 0.1) is 5.82 Å². The highest BCUT2D eigenvalue weighted by atomic mass is 19.1. The number of hydrogen-bond donors (Lipinski definition) is 2. The third-order valence-electron chi connectivity index (χ3n) is 3.00. The summed E-state index contributed by atoms with van der Waals surface area (Å²) >= 11 is 0. The summed E-state index contributed by atoms with van der Waals surface area (Å²) in [6.07, 6.45) is 0. The maximum Gasteiger partial charge on any atom is 0.234 e. The lowest BCUT2D eigenvalue weighted by molar-refractivity contribution is -0.122. The molecular weight excluding hydrogens is 257 g/mol. The Kier molecular flexibility index (Phi) is 6.61. The number of benzene rings is 1. The Hall–Kier alpha value is -1.46. The SMILES string of the molecule is CCN(CC(=O)NC(C)C)Cc1cc(CN)ccc1F. The van der Waals surface area contributed by atoms with Crippen LogP contribution in [0.4, 0.5) is 4.39 Å². The monoisotopic (exact) mass is 281 g/mol. The van der Waals surface area contributed by atoms with Crippen molar-refractivity contribution in [3.05, 3.63) is 35.1 Å². The van der Waals surface area contributed by atoms with Crippen LogP contribution in [0.15, 0.2) is 18.2 Å². The first kappa shape index (κ1) is 16.6. The van der Waals surface area contributed by atoms with E-state index in [0.717, 1.165) is 5.56 Å². The van der Waals surface area contributed by atoms with Gasteiger partial charge in [0.15, 0.2) is 0 Å². The van der Waals surface area contributed by atoms with Crippen LogP contribution in [0.1, 0.15) is 31.9 Å². The van der Waals surface area contributed by atoms with Crippen molar-refractivity contribution in [2.75, 3.05) is 13.1 Å². The zero-order valence-corrected chi connectivity index (χ0v) is 12.4. The number of nitrogens with two attached hydrogens (primary N) is 1. The van der Waals surface area contributed by atoms with E-state index in [4.69, 9.17) is 5.73 Å². The molecule has 0 bridgehead atoms. The molecule has 0 radical (unpaired) electrons. The number of nitrogens with one attached hydrogen (secondary N) is 1. The van der Waals surface area contributed by atoms with E-state index in [1.807, 2.05) is 25.7 Å². The topological polar surface area (TPSA) is 58.4 Å². The number of likely N-dealkylation sites (N-methyl/N-ethyl adjacent to an activating group) is 1. The molecule has 112 valence electrons. The molecule has 0 atom stereocenters. The van der Waals surface area contributed by atoms with E-state index < -0.39 is 0 Å². The van der Waals surface area contributed by atoms with Crippen LogP contribution in [-0.4, -0.2) is 29.9 Å². The zero-order valence-electron chi connectivity index (χ0n) is 12.4. The molecule has 0 aliphatic carbocycles. The van der Waals surface area contributed by atoms with E-state index in [2.05, 4.69) is 5.32 Å². The summed E-state index contributed by atoms with van der Waals surface area (Å²) in [5, 5.41) is 2.84. The quantitative estimate of drug-likeness (QED) is 0.798. The fourth-order valence-electron chi connectivity index (χ4n) is 1.97. The summed E-state index contributed by atoms with van der Waals surface area (Å²) in [7, 11) is 0. The van der Waals surface area contributed by atoms with E-state index in [0.29, 0.717) is 25.2 Å². The highest BCUT2D eigenvalue weighted by Crippen LogP contribution is 2.13. The second-order valence-electron chi connectivity index (χ2n) is 5.16. The maximum absolute atomic E-state index is 13.8. The minimum absolute atomic E-state index is 0.0442. The van der Waals surface area contributed by atoms with E-state index in [1.54, 1.807) is 12.1 Å². The molecule has 0 unspecified atom stereocenters. The molecule has 0 aromatic heterocycles. The molecule has 4 nitrogen and oxygen atoms in total. The highest BCUT2D eigenvalue weighted by Gasteiger charge is 2.13. The van der Waals surface area contributed by atoms with Gasteiger partial charge in [0.1, 0.15) is 5.82 Å². The fourth-order valence-corrected chi connectivity index (χ4v) is 1.97. The van der Waals surface area contributed by atoms with E-state index in [-0.39, 0.29) is 24.3 Å². The average molecular weight is 281 g/mol. The van der Waals surface area contributed by atoms with Crippen LogP contribution < -0.4 is 11.1 Å². The number of halogens is 1. The van der Waals surface area contributed by atoms with Gasteiger partial charge in [0.05, 0.1) is 6.54 Å². The second kappa shape index (κ2) is 7.97. The number of nitrogens with zero attached hydrogens (tertiary/aromatic N) is 1. The van der Waals surface area contributed by atoms with Gasteiger partial charge >= 0.3 is 0 Å². The third kappa shape index (κ3) is 5.27. The summed E-state index contributed by atoms with van der Waals surface area (Å²) < 4.78 is 13.8. The molecule has 0 aliphatic heterocycles. The predicted molar refractivity (Wildman–Crippen MR) is 78.5 cm³/mol. The Labute approximate surface area is 120 Å². The molecule has 1 rings (SSSR count). The third-order valence-corrected chi connectivity index (χ3v) is 3.00. The van der Waals surface area contributed by atoms with Crippen molar-refractivity contribution in [1.82, 2.24) is 10.2 Å². The van der Waals surface area contributed by atoms with Crippen molar-refractivity contribution in [2.45, 2.75) is 39.9 Å². The molecule has 5 heteroatoms. The Bertz CT molecular complexity index is 449. The van der Waals surface area contributed by atoms with Gasteiger partial charge in [0, 0.05) is 24.7 Å². The Morgan fingerprint density at radius 2 is 2.15 bits per heavy atom. The number of rotatable bonds is 7. The molecule has 3 N–H and O–H groups in total. The van der Waals surface area contributed by atoms with Crippen molar-refractivity contribution < 1.29 is 9.18 Å². The van der Waals surface area contributed by atoms with Gasteiger partial charge in [-0.15, -0.1) is 0 Å². The normalized spacial score (nSPS) is 11.2. The lowest BCUT2D eigenvalue weighted by Crippen LogP contribution is -2.39. The van der Waals surface area contributed by atoms with Crippen molar-refractivity contribution in [1.29, 1.82) is 0 Å². The molecule has 1 aromatic carbocycles. The Morgan fingerprint density at radius 3 is 2.70 bits per heavy atom. The molecular formula is C15H24FN3O. The van der Waals surface area contributed by atoms with Crippen LogP contribution in [-0.2, 0) is 17.9 Å². The number of amides is 1. The van der Waals surface area contributed by atoms with Crippen LogP contribution in [0.5, 0.6) is 0 Å². The largest absolute Gasteiger partial charge is 0.353 e. The molecule has 0 saturated heterocycles. The molecule has 0 aliphatic rings. The standard InChI is InChI=1S/C15H24FN3O/c1-4-19(10-15(20)18-11(2)3)9-13-7-12(8-17)5-6-14(13)16/h5-7,11H,4,8-10,17H2,1-3H3,(H,18,20). The van der Waals surface area contributed by atoms with Gasteiger partial charge in [-0.1, -0.05) is 19.1 Å². The van der Waals surface area contributed by atoms with Gasteiger partial charge in [0.2, 0.25) is 5.91 Å². The van der Waals surface area contributed by atoms with E-state index in [9.17, 15) is 9.18 Å². The minimum Gasteiger partial charge on any atom is -0.353 e. The van der Waals surface area contributed by atoms with Gasteiger partial charge < -0.3 is 11.1 Å². The van der Waals surface area contributed by atoms with Gasteiger partial charge in [-0.25, -0.2) is 4.39 Å². The summed E-state index contributed by atoms with van der Waals surface area (Å²) in [5.41, 5.74) is 7.04. The molecule has 0 heterocycles. The van der Waals surface area contributed by atoms with Gasteiger partial charge in [-0.2, -0.15) is 0 Å². The van der Waals surface area contributed by atoms with Crippen LogP contribution in [0.2, 0.25) is 0 Å². The first-order chi connectivity index (χ1) is 9.46. The highest BCUT2D eigenvalue weighted by molar-refractivity contribution is 5.78. The molecule has 0 spiro atoms. The molecule has 1 amide bonds. The van der Waals surface area contributed by atoms with Gasteiger partial charge in [-0.05, 0) is 32.0 Å². The van der Waals surface area contributed by atoms with Crippen molar-refractivity contribution in [3.8, 4) is 0 Å². The first-order valence-corrected chi connectivity index (χ1v) is 6.95. The molecule has 20 heavy (non-hydrogen) atoms. The lowest BCUT2D eigenvalue weighted by Gasteiger charge is -2.21. The van der Waals surface area contributed by atoms with Crippen molar-refractivity contribution in [3.63, 3.8) is 0 Å². The van der Waals surface area contributed by atoms with E-state index >= 15 is 0 Å². The van der Waals surface area contributed by atoms with Crippen LogP contribution >= 0.6 is 0 Å². The lowest BCUT2D eigenvalue weighted by atomic mass is 10.1. The number of carbonyl (C=O) groups is 1. The average Bonchev–Trinajstić information content (AvgIpc) is 2.39. The second-order valence-corrected chi connectivity index (χ2v) is 5.16. The molecule has 1 aromatic rings. The molecule has 0 saturated carbocycles. The van der Waals surface area contributed by atoms with Crippen LogP contribution in [0.25, 0.3) is 0 Å². The van der Waals surface area contributed by atoms with Gasteiger partial charge in [-0.3, -0.25) is 9.69 Å². The van der Waals surface area contributed by atoms with Gasteiger partial charge in [0.25, 0.3) is 0 Å². The summed E-state index contributed by atoms with van der Waals surface area (Å²) in [4.78, 5) is 13.7. The number of hydrogen-bond acceptors (Lipinski definition) is 3. The summed E-state index contributed by atoms with van der Waals surface area (Å²) in [6.45, 7) is 7.51. The predicted octanol–water partition coefficient (Wildman–Crippen LogP) is 1.63. The minimum atomic E-state index is -0.259. The number of carbonyl (C=O) groups excluding carboxylic acids is 1. The van der Waals surface area contributed by atoms with Crippen LogP contribution in [0.3, 0.4) is 0 Å².